The summed E-state index contributed by atoms with van der Waals surface area (Å²) in [6.45, 7) is 7.23. The van der Waals surface area contributed by atoms with Crippen molar-refractivity contribution < 1.29 is 9.53 Å². The van der Waals surface area contributed by atoms with Gasteiger partial charge < -0.3 is 9.64 Å². The van der Waals surface area contributed by atoms with Crippen LogP contribution in [0.4, 0.5) is 4.79 Å². The lowest BCUT2D eigenvalue weighted by atomic mass is 9.92. The van der Waals surface area contributed by atoms with Gasteiger partial charge in [0.2, 0.25) is 0 Å². The molecule has 4 heteroatoms. The number of benzene rings is 1. The van der Waals surface area contributed by atoms with Gasteiger partial charge in [0.15, 0.2) is 0 Å². The van der Waals surface area contributed by atoms with Crippen LogP contribution in [0, 0.1) is 0 Å². The maximum atomic E-state index is 12.5. The summed E-state index contributed by atoms with van der Waals surface area (Å²) >= 11 is 0. The molecule has 1 aromatic carbocycles. The van der Waals surface area contributed by atoms with Gasteiger partial charge in [-0.3, -0.25) is 4.90 Å². The number of hydrogen-bond donors (Lipinski definition) is 0. The van der Waals surface area contributed by atoms with Crippen LogP contribution in [-0.4, -0.2) is 48.7 Å². The number of nitrogens with zero attached hydrogens (tertiary/aromatic N) is 2. The normalized spacial score (nSPS) is 18.6. The van der Waals surface area contributed by atoms with E-state index in [0.29, 0.717) is 6.54 Å². The van der Waals surface area contributed by atoms with Crippen molar-refractivity contribution in [1.29, 1.82) is 0 Å². The van der Waals surface area contributed by atoms with Gasteiger partial charge in [-0.25, -0.2) is 4.79 Å². The molecular weight excluding hydrogens is 264 g/mol. The zero-order chi connectivity index (χ0) is 15.6. The van der Waals surface area contributed by atoms with E-state index >= 15 is 0 Å². The van der Waals surface area contributed by atoms with Gasteiger partial charge in [0.05, 0.1) is 6.04 Å². The predicted octanol–water partition coefficient (Wildman–Crippen LogP) is 3.08. The van der Waals surface area contributed by atoms with Crippen LogP contribution >= 0.6 is 0 Å². The van der Waals surface area contributed by atoms with Crippen molar-refractivity contribution in [2.45, 2.75) is 38.8 Å². The van der Waals surface area contributed by atoms with Crippen molar-refractivity contribution in [3.8, 4) is 0 Å². The Morgan fingerprint density at radius 3 is 2.62 bits per heavy atom. The largest absolute Gasteiger partial charge is 0.444 e. The van der Waals surface area contributed by atoms with Crippen LogP contribution in [0.2, 0.25) is 0 Å². The van der Waals surface area contributed by atoms with E-state index in [9.17, 15) is 4.79 Å². The van der Waals surface area contributed by atoms with Gasteiger partial charge in [0, 0.05) is 13.1 Å². The molecule has 4 nitrogen and oxygen atoms in total. The number of amides is 1. The van der Waals surface area contributed by atoms with Crippen LogP contribution in [0.25, 0.3) is 0 Å². The van der Waals surface area contributed by atoms with Gasteiger partial charge in [-0.15, -0.1) is 0 Å². The fourth-order valence-corrected chi connectivity index (χ4v) is 2.73. The predicted molar refractivity (Wildman–Crippen MR) is 84.4 cm³/mol. The third-order valence-corrected chi connectivity index (χ3v) is 3.58. The Hall–Kier alpha value is -1.55. The first kappa shape index (κ1) is 15.8. The summed E-state index contributed by atoms with van der Waals surface area (Å²) in [5.74, 6) is 0. The zero-order valence-electron chi connectivity index (χ0n) is 13.7. The summed E-state index contributed by atoms with van der Waals surface area (Å²) in [4.78, 5) is 16.5. The van der Waals surface area contributed by atoms with Gasteiger partial charge in [-0.2, -0.15) is 0 Å². The molecule has 1 heterocycles. The SMILES string of the molecule is CN(C)CC1c2ccccc2CCN1C(=O)OC(C)(C)C. The Kier molecular flexibility index (Phi) is 4.57. The second-order valence-corrected chi connectivity index (χ2v) is 6.90. The summed E-state index contributed by atoms with van der Waals surface area (Å²) in [7, 11) is 4.06. The molecule has 0 aliphatic carbocycles. The van der Waals surface area contributed by atoms with Crippen molar-refractivity contribution in [2.24, 2.45) is 0 Å². The number of ether oxygens (including phenoxy) is 1. The number of likely N-dealkylation sites (N-methyl/N-ethyl adjacent to an activating group) is 1. The fraction of sp³-hybridized carbons (Fsp3) is 0.588. The third kappa shape index (κ3) is 3.97. The van der Waals surface area contributed by atoms with Crippen molar-refractivity contribution in [3.63, 3.8) is 0 Å². The van der Waals surface area contributed by atoms with Crippen LogP contribution in [0.15, 0.2) is 24.3 Å². The van der Waals surface area contributed by atoms with Crippen LogP contribution in [0.1, 0.15) is 37.9 Å². The molecule has 1 aromatic rings. The van der Waals surface area contributed by atoms with Gasteiger partial charge in [-0.1, -0.05) is 24.3 Å². The molecular formula is C17H26N2O2. The van der Waals surface area contributed by atoms with Crippen molar-refractivity contribution in [3.05, 3.63) is 35.4 Å². The Balaban J connectivity index is 2.27. The molecule has 0 N–H and O–H groups in total. The quantitative estimate of drug-likeness (QED) is 0.839. The van der Waals surface area contributed by atoms with Crippen LogP contribution in [0.3, 0.4) is 0 Å². The van der Waals surface area contributed by atoms with Gasteiger partial charge in [0.25, 0.3) is 0 Å². The number of hydrogen-bond acceptors (Lipinski definition) is 3. The lowest BCUT2D eigenvalue weighted by Crippen LogP contribution is -2.46. The molecule has 2 rings (SSSR count). The minimum Gasteiger partial charge on any atom is -0.444 e. The topological polar surface area (TPSA) is 32.8 Å². The number of carbonyl (C=O) groups is 1. The van der Waals surface area contributed by atoms with E-state index in [1.165, 1.54) is 11.1 Å². The molecule has 21 heavy (non-hydrogen) atoms. The fourth-order valence-electron chi connectivity index (χ4n) is 2.73. The Labute approximate surface area is 127 Å². The van der Waals surface area contributed by atoms with Gasteiger partial charge >= 0.3 is 6.09 Å². The molecule has 1 atom stereocenters. The van der Waals surface area contributed by atoms with Crippen molar-refractivity contribution in [1.82, 2.24) is 9.80 Å². The lowest BCUT2D eigenvalue weighted by molar-refractivity contribution is 0.0115. The van der Waals surface area contributed by atoms with Crippen LogP contribution in [0.5, 0.6) is 0 Å². The minimum absolute atomic E-state index is 0.0554. The van der Waals surface area contributed by atoms with Crippen molar-refractivity contribution in [2.75, 3.05) is 27.2 Å². The summed E-state index contributed by atoms with van der Waals surface area (Å²) in [6.07, 6.45) is 0.670. The van der Waals surface area contributed by atoms with Gasteiger partial charge in [-0.05, 0) is 52.4 Å². The molecule has 0 aromatic heterocycles. The highest BCUT2D eigenvalue weighted by Crippen LogP contribution is 2.31. The molecule has 1 unspecified atom stereocenters. The molecule has 0 saturated heterocycles. The smallest absolute Gasteiger partial charge is 0.410 e. The molecule has 0 bridgehead atoms. The molecule has 0 fully saturated rings. The lowest BCUT2D eigenvalue weighted by Gasteiger charge is -2.39. The molecule has 0 spiro atoms. The number of rotatable bonds is 2. The molecule has 1 aliphatic rings. The highest BCUT2D eigenvalue weighted by molar-refractivity contribution is 5.69. The average Bonchev–Trinajstić information content (AvgIpc) is 2.36. The molecule has 1 aliphatic heterocycles. The summed E-state index contributed by atoms with van der Waals surface area (Å²) in [5, 5.41) is 0. The standard InChI is InChI=1S/C17H26N2O2/c1-17(2,3)21-16(20)19-11-10-13-8-6-7-9-14(13)15(19)12-18(4)5/h6-9,15H,10-12H2,1-5H3. The highest BCUT2D eigenvalue weighted by Gasteiger charge is 2.33. The molecule has 0 radical (unpaired) electrons. The van der Waals surface area contributed by atoms with E-state index in [2.05, 4.69) is 23.1 Å². The Bertz CT molecular complexity index is 506. The minimum atomic E-state index is -0.462. The monoisotopic (exact) mass is 290 g/mol. The molecule has 0 saturated carbocycles. The van der Waals surface area contributed by atoms with Crippen LogP contribution < -0.4 is 0 Å². The van der Waals surface area contributed by atoms with Crippen molar-refractivity contribution >= 4 is 6.09 Å². The first-order valence-corrected chi connectivity index (χ1v) is 7.50. The number of carbonyl (C=O) groups excluding carboxylic acids is 1. The number of fused-ring (bicyclic) bond motifs is 1. The highest BCUT2D eigenvalue weighted by atomic mass is 16.6. The van der Waals surface area contributed by atoms with Crippen LogP contribution in [-0.2, 0) is 11.2 Å². The second kappa shape index (κ2) is 6.06. The Morgan fingerprint density at radius 1 is 1.33 bits per heavy atom. The average molecular weight is 290 g/mol. The summed E-state index contributed by atoms with van der Waals surface area (Å²) < 4.78 is 5.57. The van der Waals surface area contributed by atoms with E-state index in [-0.39, 0.29) is 12.1 Å². The van der Waals surface area contributed by atoms with E-state index in [0.717, 1.165) is 13.0 Å². The van der Waals surface area contributed by atoms with Gasteiger partial charge in [0.1, 0.15) is 5.60 Å². The summed E-state index contributed by atoms with van der Waals surface area (Å²) in [5.41, 5.74) is 2.11. The molecule has 116 valence electrons. The van der Waals surface area contributed by atoms with E-state index < -0.39 is 5.60 Å². The Morgan fingerprint density at radius 2 is 2.00 bits per heavy atom. The summed E-state index contributed by atoms with van der Waals surface area (Å²) in [6, 6.07) is 8.44. The first-order chi connectivity index (χ1) is 9.78. The first-order valence-electron chi connectivity index (χ1n) is 7.50. The second-order valence-electron chi connectivity index (χ2n) is 6.90. The third-order valence-electron chi connectivity index (χ3n) is 3.58. The van der Waals surface area contributed by atoms with E-state index in [4.69, 9.17) is 4.74 Å². The maximum Gasteiger partial charge on any atom is 0.410 e. The molecule has 1 amide bonds. The van der Waals surface area contributed by atoms with E-state index in [1.807, 2.05) is 45.8 Å². The maximum absolute atomic E-state index is 12.5. The van der Waals surface area contributed by atoms with E-state index in [1.54, 1.807) is 0 Å². The zero-order valence-corrected chi connectivity index (χ0v) is 13.7.